The van der Waals surface area contributed by atoms with E-state index in [2.05, 4.69) is 68.1 Å². The Labute approximate surface area is 124 Å². The summed E-state index contributed by atoms with van der Waals surface area (Å²) in [5, 5.41) is 0. The van der Waals surface area contributed by atoms with Gasteiger partial charge in [0.25, 0.3) is 0 Å². The Morgan fingerprint density at radius 3 is 2.15 bits per heavy atom. The van der Waals surface area contributed by atoms with Crippen LogP contribution in [-0.4, -0.2) is 56.6 Å². The molecule has 20 heavy (non-hydrogen) atoms. The maximum absolute atomic E-state index is 6.00. The molecule has 0 saturated carbocycles. The molecule has 0 aliphatic carbocycles. The van der Waals surface area contributed by atoms with E-state index in [4.69, 9.17) is 5.73 Å². The van der Waals surface area contributed by atoms with Crippen molar-refractivity contribution in [2.75, 3.05) is 46.8 Å². The molecule has 1 aromatic rings. The van der Waals surface area contributed by atoms with Crippen LogP contribution in [0.25, 0.3) is 0 Å². The minimum absolute atomic E-state index is 0.428. The Morgan fingerprint density at radius 2 is 1.65 bits per heavy atom. The molecule has 1 rings (SSSR count). The van der Waals surface area contributed by atoms with Crippen molar-refractivity contribution in [1.82, 2.24) is 9.80 Å². The van der Waals surface area contributed by atoms with Crippen molar-refractivity contribution in [2.24, 2.45) is 11.7 Å². The van der Waals surface area contributed by atoms with Gasteiger partial charge in [-0.2, -0.15) is 0 Å². The summed E-state index contributed by atoms with van der Waals surface area (Å²) < 4.78 is 0. The average molecular weight is 277 g/mol. The van der Waals surface area contributed by atoms with Gasteiger partial charge in [0.2, 0.25) is 0 Å². The standard InChI is InChI=1S/C17H31N3/c1-15(2)13-20(11-10-19(3)4)14-17(12-18)16-8-6-5-7-9-16/h5-9,15,17H,10-14,18H2,1-4H3. The number of hydrogen-bond acceptors (Lipinski definition) is 3. The van der Waals surface area contributed by atoms with E-state index in [0.29, 0.717) is 18.4 Å². The smallest absolute Gasteiger partial charge is 0.0109 e. The van der Waals surface area contributed by atoms with E-state index >= 15 is 0 Å². The van der Waals surface area contributed by atoms with E-state index in [1.807, 2.05) is 0 Å². The van der Waals surface area contributed by atoms with Crippen LogP contribution in [0.1, 0.15) is 25.3 Å². The summed E-state index contributed by atoms with van der Waals surface area (Å²) in [7, 11) is 4.26. The van der Waals surface area contributed by atoms with Crippen LogP contribution in [0.2, 0.25) is 0 Å². The molecule has 0 fully saturated rings. The first-order valence-electron chi connectivity index (χ1n) is 7.65. The van der Waals surface area contributed by atoms with Gasteiger partial charge < -0.3 is 15.5 Å². The molecule has 0 spiro atoms. The van der Waals surface area contributed by atoms with Gasteiger partial charge in [0, 0.05) is 38.6 Å². The largest absolute Gasteiger partial charge is 0.330 e. The minimum atomic E-state index is 0.428. The van der Waals surface area contributed by atoms with Crippen LogP contribution in [-0.2, 0) is 0 Å². The zero-order valence-electron chi connectivity index (χ0n) is 13.5. The molecule has 0 heterocycles. The summed E-state index contributed by atoms with van der Waals surface area (Å²) in [5.74, 6) is 1.11. The molecule has 0 aromatic heterocycles. The van der Waals surface area contributed by atoms with Crippen LogP contribution in [0, 0.1) is 5.92 Å². The van der Waals surface area contributed by atoms with Crippen molar-refractivity contribution < 1.29 is 0 Å². The highest BCUT2D eigenvalue weighted by molar-refractivity contribution is 5.20. The lowest BCUT2D eigenvalue weighted by molar-refractivity contribution is 0.208. The van der Waals surface area contributed by atoms with Gasteiger partial charge in [-0.15, -0.1) is 0 Å². The van der Waals surface area contributed by atoms with Crippen molar-refractivity contribution in [3.63, 3.8) is 0 Å². The summed E-state index contributed by atoms with van der Waals surface area (Å²) in [6, 6.07) is 10.7. The number of rotatable bonds is 9. The quantitative estimate of drug-likeness (QED) is 0.751. The third kappa shape index (κ3) is 6.51. The molecule has 0 radical (unpaired) electrons. The van der Waals surface area contributed by atoms with E-state index in [1.54, 1.807) is 0 Å². The number of nitrogens with two attached hydrogens (primary N) is 1. The Bertz CT molecular complexity index is 349. The Kier molecular flexibility index (Phi) is 7.82. The molecule has 3 heteroatoms. The summed E-state index contributed by atoms with van der Waals surface area (Å²) in [6.07, 6.45) is 0. The van der Waals surface area contributed by atoms with Gasteiger partial charge in [0.15, 0.2) is 0 Å². The van der Waals surface area contributed by atoms with Crippen molar-refractivity contribution in [1.29, 1.82) is 0 Å². The van der Waals surface area contributed by atoms with Gasteiger partial charge in [-0.1, -0.05) is 44.2 Å². The van der Waals surface area contributed by atoms with Crippen LogP contribution >= 0.6 is 0 Å². The summed E-state index contributed by atoms with van der Waals surface area (Å²) in [4.78, 5) is 4.79. The van der Waals surface area contributed by atoms with Crippen LogP contribution in [0.5, 0.6) is 0 Å². The molecular weight excluding hydrogens is 246 g/mol. The summed E-state index contributed by atoms with van der Waals surface area (Å²) >= 11 is 0. The third-order valence-corrected chi connectivity index (χ3v) is 3.52. The molecule has 2 N–H and O–H groups in total. The fourth-order valence-electron chi connectivity index (χ4n) is 2.47. The van der Waals surface area contributed by atoms with Crippen LogP contribution in [0.3, 0.4) is 0 Å². The molecule has 3 nitrogen and oxygen atoms in total. The number of nitrogens with zero attached hydrogens (tertiary/aromatic N) is 2. The Balaban J connectivity index is 2.65. The van der Waals surface area contributed by atoms with Gasteiger partial charge in [-0.25, -0.2) is 0 Å². The first kappa shape index (κ1) is 17.2. The second-order valence-corrected chi connectivity index (χ2v) is 6.30. The second-order valence-electron chi connectivity index (χ2n) is 6.30. The lowest BCUT2D eigenvalue weighted by Gasteiger charge is -2.29. The molecule has 114 valence electrons. The maximum atomic E-state index is 6.00. The monoisotopic (exact) mass is 277 g/mol. The summed E-state index contributed by atoms with van der Waals surface area (Å²) in [5.41, 5.74) is 7.36. The molecule has 0 amide bonds. The fraction of sp³-hybridized carbons (Fsp3) is 0.647. The van der Waals surface area contributed by atoms with Crippen molar-refractivity contribution in [3.05, 3.63) is 35.9 Å². The first-order valence-corrected chi connectivity index (χ1v) is 7.65. The predicted octanol–water partition coefficient (Wildman–Crippen LogP) is 2.25. The lowest BCUT2D eigenvalue weighted by Crippen LogP contribution is -2.38. The van der Waals surface area contributed by atoms with E-state index in [1.165, 1.54) is 5.56 Å². The molecule has 0 saturated heterocycles. The highest BCUT2D eigenvalue weighted by Crippen LogP contribution is 2.16. The van der Waals surface area contributed by atoms with Gasteiger partial charge in [-0.3, -0.25) is 0 Å². The molecule has 1 unspecified atom stereocenters. The summed E-state index contributed by atoms with van der Waals surface area (Å²) in [6.45, 7) is 9.66. The van der Waals surface area contributed by atoms with Crippen molar-refractivity contribution in [3.8, 4) is 0 Å². The molecule has 1 atom stereocenters. The van der Waals surface area contributed by atoms with Gasteiger partial charge in [0.05, 0.1) is 0 Å². The number of hydrogen-bond donors (Lipinski definition) is 1. The maximum Gasteiger partial charge on any atom is 0.0109 e. The number of benzene rings is 1. The minimum Gasteiger partial charge on any atom is -0.330 e. The van der Waals surface area contributed by atoms with E-state index < -0.39 is 0 Å². The van der Waals surface area contributed by atoms with Gasteiger partial charge >= 0.3 is 0 Å². The lowest BCUT2D eigenvalue weighted by atomic mass is 9.98. The topological polar surface area (TPSA) is 32.5 Å². The first-order chi connectivity index (χ1) is 9.52. The molecule has 0 bridgehead atoms. The second kappa shape index (κ2) is 9.11. The molecule has 0 aliphatic rings. The van der Waals surface area contributed by atoms with Crippen LogP contribution in [0.15, 0.2) is 30.3 Å². The average Bonchev–Trinajstić information content (AvgIpc) is 2.42. The Morgan fingerprint density at radius 1 is 1.00 bits per heavy atom. The van der Waals surface area contributed by atoms with E-state index in [-0.39, 0.29) is 0 Å². The highest BCUT2D eigenvalue weighted by atomic mass is 15.2. The zero-order chi connectivity index (χ0) is 15.0. The fourth-order valence-corrected chi connectivity index (χ4v) is 2.47. The predicted molar refractivity (Wildman–Crippen MR) is 88.1 cm³/mol. The SMILES string of the molecule is CC(C)CN(CCN(C)C)CC(CN)c1ccccc1. The van der Waals surface area contributed by atoms with Crippen molar-refractivity contribution in [2.45, 2.75) is 19.8 Å². The zero-order valence-corrected chi connectivity index (χ0v) is 13.5. The molecule has 0 aliphatic heterocycles. The normalized spacial score (nSPS) is 13.4. The Hall–Kier alpha value is -0.900. The van der Waals surface area contributed by atoms with Crippen molar-refractivity contribution >= 4 is 0 Å². The van der Waals surface area contributed by atoms with E-state index in [9.17, 15) is 0 Å². The third-order valence-electron chi connectivity index (χ3n) is 3.52. The van der Waals surface area contributed by atoms with Crippen LogP contribution < -0.4 is 5.73 Å². The number of likely N-dealkylation sites (N-methyl/N-ethyl adjacent to an activating group) is 1. The van der Waals surface area contributed by atoms with E-state index in [0.717, 1.165) is 26.2 Å². The van der Waals surface area contributed by atoms with Crippen LogP contribution in [0.4, 0.5) is 0 Å². The molecular formula is C17H31N3. The highest BCUT2D eigenvalue weighted by Gasteiger charge is 2.15. The molecule has 1 aromatic carbocycles. The van der Waals surface area contributed by atoms with Gasteiger partial charge in [-0.05, 0) is 25.6 Å². The van der Waals surface area contributed by atoms with Gasteiger partial charge in [0.1, 0.15) is 0 Å².